The van der Waals surface area contributed by atoms with Crippen LogP contribution >= 0.6 is 0 Å². The molecule has 2 unspecified atom stereocenters. The van der Waals surface area contributed by atoms with E-state index in [0.717, 1.165) is 52.5 Å². The summed E-state index contributed by atoms with van der Waals surface area (Å²) in [6, 6.07) is 10.7. The van der Waals surface area contributed by atoms with Gasteiger partial charge in [0.2, 0.25) is 11.8 Å². The van der Waals surface area contributed by atoms with Crippen molar-refractivity contribution in [2.24, 2.45) is 11.8 Å². The fourth-order valence-electron chi connectivity index (χ4n) is 9.10. The summed E-state index contributed by atoms with van der Waals surface area (Å²) in [5.41, 5.74) is 4.80. The average Bonchev–Trinajstić information content (AvgIpc) is 3.66. The van der Waals surface area contributed by atoms with Gasteiger partial charge in [0.25, 0.3) is 0 Å². The molecule has 2 saturated heterocycles. The maximum Gasteiger partial charge on any atom is 0.238 e. The Morgan fingerprint density at radius 3 is 2.59 bits per heavy atom. The van der Waals surface area contributed by atoms with E-state index in [0.29, 0.717) is 43.5 Å². The molecule has 3 aromatic heterocycles. The largest absolute Gasteiger partial charge is 0.343 e. The Bertz CT molecular complexity index is 1980. The topological polar surface area (TPSA) is 99.5 Å². The van der Waals surface area contributed by atoms with E-state index in [1.165, 1.54) is 32.1 Å². The molecule has 2 saturated carbocycles. The number of benzene rings is 1. The van der Waals surface area contributed by atoms with E-state index in [-0.39, 0.29) is 29.6 Å². The minimum atomic E-state index is -0.629. The first-order valence-electron chi connectivity index (χ1n) is 17.9. The number of pyridine rings is 2. The third-order valence-electron chi connectivity index (χ3n) is 12.2. The molecule has 1 N–H and O–H groups in total. The number of amides is 2. The number of imidazole rings is 1. The second kappa shape index (κ2) is 11.3. The van der Waals surface area contributed by atoms with Gasteiger partial charge < -0.3 is 19.7 Å². The molecule has 9 rings (SSSR count). The van der Waals surface area contributed by atoms with E-state index in [1.54, 1.807) is 25.5 Å². The highest BCUT2D eigenvalue weighted by molar-refractivity contribution is 6.09. The Balaban J connectivity index is 1.10. The molecule has 5 aliphatic rings. The van der Waals surface area contributed by atoms with Gasteiger partial charge in [-0.05, 0) is 94.5 Å². The maximum atomic E-state index is 14.8. The molecule has 3 aliphatic heterocycles. The SMILES string of the molecule is CC(=O)N1CCC2(CC1)C(=O)N([C@H]1C[C@@H](N3CCC4CC4C3)C1)c1cc(-c3cc4ncn(C(C)C)c4c(Nc4ccncc4F)n3)ccc12. The normalized spacial score (nSPS) is 25.9. The van der Waals surface area contributed by atoms with Crippen LogP contribution in [0, 0.1) is 17.7 Å². The highest BCUT2D eigenvalue weighted by Crippen LogP contribution is 2.53. The Morgan fingerprint density at radius 1 is 1.04 bits per heavy atom. The van der Waals surface area contributed by atoms with Crippen LogP contribution in [0.5, 0.6) is 0 Å². The molecule has 254 valence electrons. The Morgan fingerprint density at radius 2 is 1.86 bits per heavy atom. The smallest absolute Gasteiger partial charge is 0.238 e. The summed E-state index contributed by atoms with van der Waals surface area (Å²) in [4.78, 5) is 47.3. The van der Waals surface area contributed by atoms with Gasteiger partial charge in [-0.15, -0.1) is 0 Å². The van der Waals surface area contributed by atoms with Crippen molar-refractivity contribution in [3.63, 3.8) is 0 Å². The Kier molecular flexibility index (Phi) is 7.09. The Hall–Kier alpha value is -4.38. The molecule has 4 fully saturated rings. The predicted molar refractivity (Wildman–Crippen MR) is 186 cm³/mol. The van der Waals surface area contributed by atoms with Gasteiger partial charge >= 0.3 is 0 Å². The minimum Gasteiger partial charge on any atom is -0.343 e. The van der Waals surface area contributed by atoms with Gasteiger partial charge in [0.05, 0.1) is 34.8 Å². The summed E-state index contributed by atoms with van der Waals surface area (Å²) in [6.45, 7) is 9.32. The van der Waals surface area contributed by atoms with Crippen LogP contribution in [0.3, 0.4) is 0 Å². The third kappa shape index (κ3) is 4.94. The summed E-state index contributed by atoms with van der Waals surface area (Å²) in [7, 11) is 0. The van der Waals surface area contributed by atoms with E-state index < -0.39 is 11.2 Å². The van der Waals surface area contributed by atoms with Gasteiger partial charge in [-0.2, -0.15) is 0 Å². The molecule has 2 atom stereocenters. The number of hydrogen-bond donors (Lipinski definition) is 1. The van der Waals surface area contributed by atoms with Crippen LogP contribution < -0.4 is 10.2 Å². The molecule has 1 spiro atoms. The fraction of sp³-hybridized carbons (Fsp3) is 0.500. The molecule has 4 aromatic rings. The molecule has 2 aliphatic carbocycles. The van der Waals surface area contributed by atoms with Gasteiger partial charge in [0.1, 0.15) is 5.52 Å². The molecule has 49 heavy (non-hydrogen) atoms. The molecule has 6 heterocycles. The average molecular weight is 663 g/mol. The Labute approximate surface area is 285 Å². The first kappa shape index (κ1) is 30.7. The first-order valence-corrected chi connectivity index (χ1v) is 17.9. The number of carbonyl (C=O) groups is 2. The number of piperidine rings is 2. The summed E-state index contributed by atoms with van der Waals surface area (Å²) >= 11 is 0. The number of fused-ring (bicyclic) bond motifs is 4. The first-order chi connectivity index (χ1) is 23.7. The van der Waals surface area contributed by atoms with Gasteiger partial charge in [0, 0.05) is 62.1 Å². The number of nitrogens with one attached hydrogen (secondary N) is 1. The number of carbonyl (C=O) groups excluding carboxylic acids is 2. The molecule has 0 radical (unpaired) electrons. The summed E-state index contributed by atoms with van der Waals surface area (Å²) in [6.07, 6.45) is 10.5. The number of rotatable bonds is 6. The lowest BCUT2D eigenvalue weighted by atomic mass is 9.73. The predicted octanol–water partition coefficient (Wildman–Crippen LogP) is 6.06. The van der Waals surface area contributed by atoms with Crippen LogP contribution in [0.1, 0.15) is 70.9 Å². The van der Waals surface area contributed by atoms with Crippen LogP contribution in [0.25, 0.3) is 22.3 Å². The molecule has 11 heteroatoms. The van der Waals surface area contributed by atoms with Crippen molar-refractivity contribution in [3.05, 3.63) is 60.4 Å². The minimum absolute atomic E-state index is 0.0615. The van der Waals surface area contributed by atoms with Crippen molar-refractivity contribution in [1.82, 2.24) is 29.3 Å². The van der Waals surface area contributed by atoms with Crippen molar-refractivity contribution >= 4 is 40.0 Å². The lowest BCUT2D eigenvalue weighted by molar-refractivity contribution is -0.134. The van der Waals surface area contributed by atoms with Crippen molar-refractivity contribution in [2.45, 2.75) is 82.8 Å². The van der Waals surface area contributed by atoms with Crippen LogP contribution in [-0.4, -0.2) is 79.4 Å². The van der Waals surface area contributed by atoms with Crippen molar-refractivity contribution in [3.8, 4) is 11.3 Å². The quantitative estimate of drug-likeness (QED) is 0.268. The third-order valence-corrected chi connectivity index (χ3v) is 12.2. The second-order valence-corrected chi connectivity index (χ2v) is 15.3. The highest BCUT2D eigenvalue weighted by atomic mass is 19.1. The van der Waals surface area contributed by atoms with Crippen molar-refractivity contribution in [2.75, 3.05) is 36.4 Å². The lowest BCUT2D eigenvalue weighted by Crippen LogP contribution is -2.58. The molecular weight excluding hydrogens is 619 g/mol. The zero-order valence-electron chi connectivity index (χ0n) is 28.4. The van der Waals surface area contributed by atoms with Crippen LogP contribution in [0.4, 0.5) is 21.6 Å². The summed E-state index contributed by atoms with van der Waals surface area (Å²) in [5.74, 6) is 2.11. The number of aromatic nitrogens is 4. The number of likely N-dealkylation sites (tertiary alicyclic amines) is 2. The van der Waals surface area contributed by atoms with Crippen LogP contribution in [0.2, 0.25) is 0 Å². The standard InChI is InChI=1S/C38H43FN8O2/c1-22(2)46-21-41-33-18-32(43-36(35(33)46)42-31-6-10-40-19-30(31)39)25-4-5-29-34(15-25)47(37(49)38(29)8-12-44(13-9-38)23(3)48)28-16-27(17-28)45-11-7-24-14-26(24)20-45/h4-6,10,15,18-19,21-22,24,26-28H,7-9,11-14,16-17,20H2,1-3H3,(H,40,42,43)/t24?,26?,27-,28+. The van der Waals surface area contributed by atoms with Crippen LogP contribution in [0.15, 0.2) is 49.1 Å². The monoisotopic (exact) mass is 662 g/mol. The molecule has 2 amide bonds. The van der Waals surface area contributed by atoms with Gasteiger partial charge in [-0.25, -0.2) is 14.4 Å². The van der Waals surface area contributed by atoms with Crippen LogP contribution in [-0.2, 0) is 15.0 Å². The number of halogens is 1. The van der Waals surface area contributed by atoms with Crippen molar-refractivity contribution in [1.29, 1.82) is 0 Å². The van der Waals surface area contributed by atoms with Gasteiger partial charge in [0.15, 0.2) is 11.6 Å². The van der Waals surface area contributed by atoms with Gasteiger partial charge in [-0.3, -0.25) is 19.5 Å². The maximum absolute atomic E-state index is 14.8. The van der Waals surface area contributed by atoms with E-state index in [2.05, 4.69) is 52.1 Å². The van der Waals surface area contributed by atoms with E-state index in [1.807, 2.05) is 15.5 Å². The lowest BCUT2D eigenvalue weighted by Gasteiger charge is -2.48. The molecule has 0 bridgehead atoms. The number of anilines is 3. The molecule has 1 aromatic carbocycles. The van der Waals surface area contributed by atoms with Crippen molar-refractivity contribution < 1.29 is 14.0 Å². The molecular formula is C38H43FN8O2. The number of hydrogen-bond acceptors (Lipinski definition) is 7. The van der Waals surface area contributed by atoms with E-state index >= 15 is 0 Å². The highest BCUT2D eigenvalue weighted by Gasteiger charge is 2.56. The van der Waals surface area contributed by atoms with E-state index in [4.69, 9.17) is 9.97 Å². The fourth-order valence-corrected chi connectivity index (χ4v) is 9.10. The van der Waals surface area contributed by atoms with E-state index in [9.17, 15) is 14.0 Å². The van der Waals surface area contributed by atoms with Gasteiger partial charge in [-0.1, -0.05) is 12.1 Å². The summed E-state index contributed by atoms with van der Waals surface area (Å²) in [5, 5.41) is 3.22. The molecule has 10 nitrogen and oxygen atoms in total. The zero-order valence-corrected chi connectivity index (χ0v) is 28.4. The second-order valence-electron chi connectivity index (χ2n) is 15.3. The zero-order chi connectivity index (χ0) is 33.6. The summed E-state index contributed by atoms with van der Waals surface area (Å²) < 4.78 is 16.8. The number of nitrogens with zero attached hydrogens (tertiary/aromatic N) is 7.